The number of carbonyl (C=O) groups is 1. The van der Waals surface area contributed by atoms with Crippen LogP contribution in [0.25, 0.3) is 11.1 Å². The van der Waals surface area contributed by atoms with Crippen LogP contribution in [0.5, 0.6) is 0 Å². The number of ether oxygens (including phenoxy) is 1. The number of anilines is 1. The van der Waals surface area contributed by atoms with E-state index in [-0.39, 0.29) is 59.3 Å². The Labute approximate surface area is 331 Å². The maximum absolute atomic E-state index is 15.4. The summed E-state index contributed by atoms with van der Waals surface area (Å²) < 4.78 is 205. The van der Waals surface area contributed by atoms with Crippen molar-refractivity contribution in [1.29, 1.82) is 0 Å². The molecule has 1 fully saturated rings. The maximum atomic E-state index is 15.4. The third-order valence-electron chi connectivity index (χ3n) is 8.41. The minimum atomic E-state index is -4.63. The SMILES string of the molecule is [2H]C1=C(SC([2H])([2H])c2cccc(F)c2F)N(C([2H])([2H])C(=O)N(C2CCN(C([2H])([2H])COC([2H])([2H])[2H])CC2)C([2H])([2H])c2ccc(-c3ccc(C(F)(F)F)cc3)cc2)c2c([2H])c([2H])c(C)c([2H])c2C1O. The van der Waals surface area contributed by atoms with E-state index in [0.29, 0.717) is 16.5 Å². The van der Waals surface area contributed by atoms with Gasteiger partial charge in [0.1, 0.15) is 12.6 Å². The lowest BCUT2D eigenvalue weighted by Crippen LogP contribution is -2.50. The molecule has 1 atom stereocenters. The number of alkyl halides is 3. The number of aliphatic hydroxyl groups excluding tert-OH is 1. The van der Waals surface area contributed by atoms with Crippen LogP contribution >= 0.6 is 11.8 Å². The highest BCUT2D eigenvalue weighted by Gasteiger charge is 2.33. The van der Waals surface area contributed by atoms with E-state index >= 15 is 9.18 Å². The molecule has 4 aromatic rings. The Bertz CT molecular complexity index is 2600. The Hall–Kier alpha value is -4.23. The lowest BCUT2D eigenvalue weighted by molar-refractivity contribution is -0.137. The van der Waals surface area contributed by atoms with E-state index in [9.17, 15) is 28.2 Å². The summed E-state index contributed by atoms with van der Waals surface area (Å²) in [5.41, 5.74) is -6.51. The predicted molar refractivity (Wildman–Crippen MR) is 198 cm³/mol. The van der Waals surface area contributed by atoms with Crippen molar-refractivity contribution in [3.63, 3.8) is 0 Å². The largest absolute Gasteiger partial charge is 0.416 e. The van der Waals surface area contributed by atoms with Crippen molar-refractivity contribution in [2.75, 3.05) is 44.6 Å². The van der Waals surface area contributed by atoms with Gasteiger partial charge in [-0.1, -0.05) is 66.2 Å². The molecule has 2 aliphatic rings. The highest BCUT2D eigenvalue weighted by molar-refractivity contribution is 8.02. The van der Waals surface area contributed by atoms with Crippen LogP contribution in [0, 0.1) is 18.6 Å². The van der Waals surface area contributed by atoms with Crippen molar-refractivity contribution < 1.29 is 57.2 Å². The smallest absolute Gasteiger partial charge is 0.384 e. The maximum Gasteiger partial charge on any atom is 0.416 e. The van der Waals surface area contributed by atoms with Crippen LogP contribution in [0.2, 0.25) is 0 Å². The molecule has 1 unspecified atom stereocenters. The highest BCUT2D eigenvalue weighted by atomic mass is 32.2. The van der Waals surface area contributed by atoms with Crippen LogP contribution in [0.15, 0.2) is 95.9 Å². The molecule has 2 heterocycles. The molecule has 6 rings (SSSR count). The van der Waals surface area contributed by atoms with Gasteiger partial charge in [-0.2, -0.15) is 13.2 Å². The summed E-state index contributed by atoms with van der Waals surface area (Å²) in [6, 6.07) is 6.83. The third-order valence-corrected chi connectivity index (χ3v) is 9.23. The zero-order valence-corrected chi connectivity index (χ0v) is 28.8. The zero-order chi connectivity index (χ0) is 50.9. The molecule has 0 spiro atoms. The van der Waals surface area contributed by atoms with Gasteiger partial charge in [0.05, 0.1) is 32.3 Å². The summed E-state index contributed by atoms with van der Waals surface area (Å²) in [5, 5.41) is 10.5. The second-order valence-electron chi connectivity index (χ2n) is 12.0. The fraction of sp³-hybridized carbons (Fsp3) is 0.341. The summed E-state index contributed by atoms with van der Waals surface area (Å²) in [7, 11) is -2.96. The first-order valence-electron chi connectivity index (χ1n) is 23.7. The average molecular weight is 767 g/mol. The molecule has 1 amide bonds. The third kappa shape index (κ3) is 9.29. The molecule has 0 aliphatic carbocycles. The summed E-state index contributed by atoms with van der Waals surface area (Å²) in [6.45, 7) is -9.58. The standard InChI is InChI=1S/C41H42F5N3O3S/c1-27-6-15-36-34(22-27)37(50)23-39(53-26-31-4-3-5-35(42)40(31)43)49(36)25-38(51)48(33-16-18-47(19-17-33)20-21-52-2)24-28-7-9-29(10-8-28)30-11-13-32(14-12-30)41(44,45)46/h3-15,22-23,33,37,50H,16-21,24-26H2,1-2H3/i2D3,6D,15D,20D2,22D,23D,24D2,25D2,26D2. The van der Waals surface area contributed by atoms with Crippen LogP contribution in [0.4, 0.5) is 27.6 Å². The van der Waals surface area contributed by atoms with Crippen molar-refractivity contribution in [3.05, 3.63) is 135 Å². The number of carbonyl (C=O) groups excluding carboxylic acids is 1. The van der Waals surface area contributed by atoms with Crippen LogP contribution in [-0.2, 0) is 27.9 Å². The number of methoxy groups -OCH3 is 1. The second-order valence-corrected chi connectivity index (χ2v) is 12.8. The van der Waals surface area contributed by atoms with Gasteiger partial charge in [-0.3, -0.25) is 4.79 Å². The molecule has 1 saturated heterocycles. The number of amides is 1. The Morgan fingerprint density at radius 2 is 1.75 bits per heavy atom. The highest BCUT2D eigenvalue weighted by Crippen LogP contribution is 2.41. The van der Waals surface area contributed by atoms with Crippen molar-refractivity contribution >= 4 is 23.4 Å². The first kappa shape index (κ1) is 23.5. The van der Waals surface area contributed by atoms with E-state index in [0.717, 1.165) is 24.3 Å². The second kappa shape index (κ2) is 16.8. The number of likely N-dealkylation sites (tertiary alicyclic amines) is 1. The first-order valence-corrected chi connectivity index (χ1v) is 17.0. The predicted octanol–water partition coefficient (Wildman–Crippen LogP) is 8.73. The molecule has 0 bridgehead atoms. The molecule has 280 valence electrons. The van der Waals surface area contributed by atoms with Gasteiger partial charge in [0, 0.05) is 67.2 Å². The van der Waals surface area contributed by atoms with Crippen molar-refractivity contribution in [3.8, 4) is 11.1 Å². The molecule has 4 aromatic carbocycles. The lowest BCUT2D eigenvalue weighted by Gasteiger charge is -2.40. The van der Waals surface area contributed by atoms with Crippen molar-refractivity contribution in [2.45, 2.75) is 50.3 Å². The molecule has 0 radical (unpaired) electrons. The minimum Gasteiger partial charge on any atom is -0.384 e. The molecule has 0 saturated carbocycles. The topological polar surface area (TPSA) is 56.3 Å². The molecule has 0 aromatic heterocycles. The number of fused-ring (bicyclic) bond motifs is 1. The van der Waals surface area contributed by atoms with Gasteiger partial charge in [0.15, 0.2) is 11.6 Å². The van der Waals surface area contributed by atoms with Crippen LogP contribution in [-0.4, -0.2) is 66.6 Å². The van der Waals surface area contributed by atoms with Gasteiger partial charge in [-0.25, -0.2) is 8.78 Å². The van der Waals surface area contributed by atoms with Crippen molar-refractivity contribution in [2.24, 2.45) is 0 Å². The van der Waals surface area contributed by atoms with Gasteiger partial charge in [-0.05, 0) is 66.7 Å². The van der Waals surface area contributed by atoms with Crippen LogP contribution < -0.4 is 4.90 Å². The summed E-state index contributed by atoms with van der Waals surface area (Å²) in [6.07, 6.45) is -7.49. The van der Waals surface area contributed by atoms with Gasteiger partial charge >= 0.3 is 6.18 Å². The number of piperidine rings is 1. The zero-order valence-electron chi connectivity index (χ0n) is 42.9. The minimum absolute atomic E-state index is 0.175. The number of nitrogens with zero attached hydrogens (tertiary/aromatic N) is 3. The fourth-order valence-corrected chi connectivity index (χ4v) is 6.46. The first-order chi connectivity index (χ1) is 31.2. The summed E-state index contributed by atoms with van der Waals surface area (Å²) >= 11 is -0.175. The van der Waals surface area contributed by atoms with Gasteiger partial charge in [0.25, 0.3) is 0 Å². The number of hydrogen-bond donors (Lipinski definition) is 1. The van der Waals surface area contributed by atoms with Crippen molar-refractivity contribution in [1.82, 2.24) is 9.80 Å². The van der Waals surface area contributed by atoms with E-state index in [1.807, 2.05) is 0 Å². The molecule has 1 N–H and O–H groups in total. The molecular weight excluding hydrogens is 710 g/mol. The summed E-state index contributed by atoms with van der Waals surface area (Å²) in [4.78, 5) is 17.3. The molecule has 2 aliphatic heterocycles. The molecule has 6 nitrogen and oxygen atoms in total. The number of benzene rings is 4. The van der Waals surface area contributed by atoms with E-state index in [2.05, 4.69) is 0 Å². The number of halogens is 5. The van der Waals surface area contributed by atoms with E-state index in [1.165, 1.54) is 48.2 Å². The molecular formula is C41H42F5N3O3S. The summed E-state index contributed by atoms with van der Waals surface area (Å²) in [5.74, 6) is -4.95. The van der Waals surface area contributed by atoms with E-state index < -0.39 is 126 Å². The van der Waals surface area contributed by atoms with Gasteiger partial charge in [-0.15, -0.1) is 11.8 Å². The quantitative estimate of drug-likeness (QED) is 0.146. The van der Waals surface area contributed by atoms with E-state index in [4.69, 9.17) is 19.8 Å². The Morgan fingerprint density at radius 1 is 1.06 bits per heavy atom. The number of rotatable bonds is 12. The van der Waals surface area contributed by atoms with Crippen LogP contribution in [0.3, 0.4) is 0 Å². The van der Waals surface area contributed by atoms with Gasteiger partial charge < -0.3 is 24.5 Å². The fourth-order valence-electron chi connectivity index (χ4n) is 5.70. The molecule has 12 heteroatoms. The number of thioether (sulfide) groups is 1. The normalized spacial score (nSPS) is 22.4. The Kier molecular flexibility index (Phi) is 7.48. The van der Waals surface area contributed by atoms with Crippen LogP contribution in [0.1, 0.15) is 67.3 Å². The monoisotopic (exact) mass is 766 g/mol. The molecule has 53 heavy (non-hydrogen) atoms. The Balaban J connectivity index is 1.50. The van der Waals surface area contributed by atoms with Gasteiger partial charge in [0.2, 0.25) is 5.91 Å². The number of hydrogen-bond acceptors (Lipinski definition) is 6. The lowest BCUT2D eigenvalue weighted by atomic mass is 9.99. The van der Waals surface area contributed by atoms with E-state index in [1.54, 1.807) is 0 Å². The number of aliphatic hydroxyl groups is 1. The Morgan fingerprint density at radius 3 is 2.43 bits per heavy atom. The average Bonchev–Trinajstić information content (AvgIpc) is 3.26.